The third kappa shape index (κ3) is 4.83. The minimum atomic E-state index is -0.419. The van der Waals surface area contributed by atoms with Gasteiger partial charge in [-0.2, -0.15) is 0 Å². The Labute approximate surface area is 206 Å². The van der Waals surface area contributed by atoms with Crippen molar-refractivity contribution in [1.82, 2.24) is 0 Å². The first kappa shape index (κ1) is 22.9. The zero-order valence-corrected chi connectivity index (χ0v) is 19.1. The van der Waals surface area contributed by atoms with E-state index in [9.17, 15) is 19.2 Å². The minimum absolute atomic E-state index is 0.327. The summed E-state index contributed by atoms with van der Waals surface area (Å²) in [6.45, 7) is 1.56. The first-order chi connectivity index (χ1) is 17.5. The summed E-state index contributed by atoms with van der Waals surface area (Å²) in [5.41, 5.74) is 3.06. The first-order valence-corrected chi connectivity index (χ1v) is 11.3. The lowest BCUT2D eigenvalue weighted by atomic mass is 10.1. The van der Waals surface area contributed by atoms with Crippen LogP contribution in [-0.4, -0.2) is 50.3 Å². The van der Waals surface area contributed by atoms with Crippen LogP contribution < -0.4 is 20.4 Å². The lowest BCUT2D eigenvalue weighted by Crippen LogP contribution is -2.23. The van der Waals surface area contributed by atoms with Crippen molar-refractivity contribution in [3.8, 4) is 0 Å². The Morgan fingerprint density at radius 2 is 1.06 bits per heavy atom. The second-order valence-electron chi connectivity index (χ2n) is 8.12. The maximum atomic E-state index is 12.7. The summed E-state index contributed by atoms with van der Waals surface area (Å²) in [5, 5.41) is 5.60. The predicted octanol–water partition coefficient (Wildman–Crippen LogP) is 4.10. The number of nitrogens with zero attached hydrogens (tertiary/aromatic N) is 2. The molecule has 5 rings (SSSR count). The molecule has 2 N–H and O–H groups in total. The van der Waals surface area contributed by atoms with Gasteiger partial charge in [-0.3, -0.25) is 19.4 Å². The molecule has 182 valence electrons. The van der Waals surface area contributed by atoms with Crippen molar-refractivity contribution in [1.29, 1.82) is 0 Å². The number of rotatable bonds is 6. The molecular weight excluding hydrogens is 464 g/mol. The second-order valence-corrected chi connectivity index (χ2v) is 8.12. The van der Waals surface area contributed by atoms with Gasteiger partial charge in [-0.25, -0.2) is 9.59 Å². The summed E-state index contributed by atoms with van der Waals surface area (Å²) in [7, 11) is 0. The Kier molecular flexibility index (Phi) is 6.23. The summed E-state index contributed by atoms with van der Waals surface area (Å²) >= 11 is 0. The monoisotopic (exact) mass is 486 g/mol. The van der Waals surface area contributed by atoms with Gasteiger partial charge < -0.3 is 20.1 Å². The van der Waals surface area contributed by atoms with Gasteiger partial charge in [-0.15, -0.1) is 0 Å². The molecule has 2 aliphatic rings. The van der Waals surface area contributed by atoms with Crippen LogP contribution in [0, 0.1) is 0 Å². The Morgan fingerprint density at radius 3 is 1.42 bits per heavy atom. The Balaban J connectivity index is 1.22. The lowest BCUT2D eigenvalue weighted by molar-refractivity contribution is 0.101. The molecule has 3 aromatic carbocycles. The summed E-state index contributed by atoms with van der Waals surface area (Å²) in [6, 6.07) is 20.1. The summed E-state index contributed by atoms with van der Waals surface area (Å²) in [6.07, 6.45) is -0.838. The van der Waals surface area contributed by atoms with Gasteiger partial charge in [0.2, 0.25) is 0 Å². The molecule has 2 heterocycles. The molecule has 2 saturated heterocycles. The molecule has 36 heavy (non-hydrogen) atoms. The maximum absolute atomic E-state index is 12.7. The number of carbonyl (C=O) groups is 4. The number of benzene rings is 3. The molecule has 3 aromatic rings. The van der Waals surface area contributed by atoms with Gasteiger partial charge in [0.25, 0.3) is 11.8 Å². The van der Waals surface area contributed by atoms with Crippen molar-refractivity contribution >= 4 is 46.8 Å². The number of anilines is 4. The molecule has 0 unspecified atom stereocenters. The van der Waals surface area contributed by atoms with Crippen molar-refractivity contribution in [2.75, 3.05) is 46.7 Å². The number of cyclic esters (lactones) is 2. The molecule has 0 aromatic heterocycles. The summed E-state index contributed by atoms with van der Waals surface area (Å²) in [5.74, 6) is -0.707. The van der Waals surface area contributed by atoms with E-state index in [0.717, 1.165) is 0 Å². The molecule has 0 spiro atoms. The van der Waals surface area contributed by atoms with Gasteiger partial charge in [0.05, 0.1) is 13.1 Å². The maximum Gasteiger partial charge on any atom is 0.414 e. The highest BCUT2D eigenvalue weighted by Gasteiger charge is 2.24. The van der Waals surface area contributed by atoms with Crippen LogP contribution in [0.2, 0.25) is 0 Å². The smallest absolute Gasteiger partial charge is 0.414 e. The van der Waals surface area contributed by atoms with E-state index in [1.54, 1.807) is 72.8 Å². The van der Waals surface area contributed by atoms with Crippen LogP contribution in [0.5, 0.6) is 0 Å². The second kappa shape index (κ2) is 9.79. The topological polar surface area (TPSA) is 117 Å². The van der Waals surface area contributed by atoms with Crippen LogP contribution in [0.1, 0.15) is 20.7 Å². The highest BCUT2D eigenvalue weighted by Crippen LogP contribution is 2.24. The third-order valence-corrected chi connectivity index (χ3v) is 5.76. The molecule has 2 aliphatic heterocycles. The molecule has 0 saturated carbocycles. The van der Waals surface area contributed by atoms with E-state index in [0.29, 0.717) is 60.2 Å². The SMILES string of the molecule is O=C(Nc1cccc(N2CCOC2=O)c1)c1ccc(C(=O)Nc2cccc(N3CCOC3=O)c2)cc1. The van der Waals surface area contributed by atoms with Gasteiger partial charge in [-0.05, 0) is 60.7 Å². The zero-order chi connectivity index (χ0) is 25.1. The van der Waals surface area contributed by atoms with Gasteiger partial charge >= 0.3 is 12.2 Å². The average molecular weight is 486 g/mol. The largest absolute Gasteiger partial charge is 0.447 e. The molecule has 0 bridgehead atoms. The van der Waals surface area contributed by atoms with Crippen molar-refractivity contribution in [2.45, 2.75) is 0 Å². The Hall–Kier alpha value is -4.86. The van der Waals surface area contributed by atoms with E-state index in [1.165, 1.54) is 9.80 Å². The Morgan fingerprint density at radius 1 is 0.639 bits per heavy atom. The van der Waals surface area contributed by atoms with Crippen molar-refractivity contribution in [2.24, 2.45) is 0 Å². The number of hydrogen-bond acceptors (Lipinski definition) is 6. The van der Waals surface area contributed by atoms with E-state index in [1.807, 2.05) is 0 Å². The fourth-order valence-corrected chi connectivity index (χ4v) is 3.94. The number of hydrogen-bond donors (Lipinski definition) is 2. The van der Waals surface area contributed by atoms with Gasteiger partial charge in [0.15, 0.2) is 0 Å². The van der Waals surface area contributed by atoms with Gasteiger partial charge in [-0.1, -0.05) is 12.1 Å². The van der Waals surface area contributed by atoms with Crippen LogP contribution >= 0.6 is 0 Å². The fraction of sp³-hybridized carbons (Fsp3) is 0.154. The summed E-state index contributed by atoms with van der Waals surface area (Å²) < 4.78 is 9.92. The molecule has 0 aliphatic carbocycles. The normalized spacial score (nSPS) is 14.9. The van der Waals surface area contributed by atoms with Crippen LogP contribution in [0.25, 0.3) is 0 Å². The van der Waals surface area contributed by atoms with E-state index in [4.69, 9.17) is 9.47 Å². The minimum Gasteiger partial charge on any atom is -0.447 e. The quantitative estimate of drug-likeness (QED) is 0.542. The zero-order valence-electron chi connectivity index (χ0n) is 19.1. The van der Waals surface area contributed by atoms with E-state index in [2.05, 4.69) is 10.6 Å². The molecule has 0 radical (unpaired) electrons. The molecule has 2 fully saturated rings. The van der Waals surface area contributed by atoms with Crippen LogP contribution in [0.15, 0.2) is 72.8 Å². The molecule has 4 amide bonds. The third-order valence-electron chi connectivity index (χ3n) is 5.76. The highest BCUT2D eigenvalue weighted by atomic mass is 16.6. The number of ether oxygens (including phenoxy) is 2. The first-order valence-electron chi connectivity index (χ1n) is 11.3. The van der Waals surface area contributed by atoms with E-state index in [-0.39, 0.29) is 11.8 Å². The van der Waals surface area contributed by atoms with Crippen molar-refractivity contribution in [3.05, 3.63) is 83.9 Å². The number of amides is 4. The standard InChI is InChI=1S/C26H22N4O6/c31-23(27-19-3-1-5-21(15-19)29-11-13-35-25(29)33)17-7-9-18(10-8-17)24(32)28-20-4-2-6-22(16-20)30-12-14-36-26(30)34/h1-10,15-16H,11-14H2,(H,27,31)(H,28,32). The summed E-state index contributed by atoms with van der Waals surface area (Å²) in [4.78, 5) is 52.0. The molecule has 10 nitrogen and oxygen atoms in total. The van der Waals surface area contributed by atoms with Gasteiger partial charge in [0.1, 0.15) is 13.2 Å². The van der Waals surface area contributed by atoms with Crippen LogP contribution in [0.4, 0.5) is 32.3 Å². The Bertz CT molecular complexity index is 1240. The van der Waals surface area contributed by atoms with Crippen LogP contribution in [0.3, 0.4) is 0 Å². The van der Waals surface area contributed by atoms with E-state index >= 15 is 0 Å². The van der Waals surface area contributed by atoms with Crippen molar-refractivity contribution < 1.29 is 28.7 Å². The van der Waals surface area contributed by atoms with E-state index < -0.39 is 12.2 Å². The van der Waals surface area contributed by atoms with Crippen LogP contribution in [-0.2, 0) is 9.47 Å². The van der Waals surface area contributed by atoms with Crippen molar-refractivity contribution in [3.63, 3.8) is 0 Å². The van der Waals surface area contributed by atoms with Gasteiger partial charge in [0, 0.05) is 33.9 Å². The molecule has 10 heteroatoms. The number of nitrogens with one attached hydrogen (secondary N) is 2. The molecule has 0 atom stereocenters. The molecular formula is C26H22N4O6. The predicted molar refractivity (Wildman–Crippen MR) is 133 cm³/mol. The fourth-order valence-electron chi connectivity index (χ4n) is 3.94. The average Bonchev–Trinajstić information content (AvgIpc) is 3.52. The lowest BCUT2D eigenvalue weighted by Gasteiger charge is -2.14. The highest BCUT2D eigenvalue weighted by molar-refractivity contribution is 6.07. The number of carbonyl (C=O) groups excluding carboxylic acids is 4.